The van der Waals surface area contributed by atoms with Crippen LogP contribution in [-0.2, 0) is 0 Å². The van der Waals surface area contributed by atoms with Crippen molar-refractivity contribution < 1.29 is 5.11 Å². The molecule has 2 N–H and O–H groups in total. The van der Waals surface area contributed by atoms with Crippen molar-refractivity contribution in [2.24, 2.45) is 0 Å². The van der Waals surface area contributed by atoms with Gasteiger partial charge in [0, 0.05) is 17.6 Å². The number of nitrogens with one attached hydrogen (secondary N) is 1. The number of nitrogens with zero attached hydrogens (tertiary/aromatic N) is 1. The molecule has 0 spiro atoms. The van der Waals surface area contributed by atoms with E-state index in [1.54, 1.807) is 11.3 Å². The number of rotatable bonds is 5. The molecule has 0 saturated heterocycles. The standard InChI is InChI=1S/C14H18N2OS/c1-10-8-16-14(18-10)11(2)15-9-13(17)12-6-4-3-5-7-12/h3-8,11,13,15,17H,9H2,1-2H3. The number of aliphatic hydroxyl groups is 1. The fourth-order valence-corrected chi connectivity index (χ4v) is 2.54. The first kappa shape index (κ1) is 13.2. The Bertz CT molecular complexity index is 484. The van der Waals surface area contributed by atoms with Crippen molar-refractivity contribution in [3.05, 3.63) is 52.0 Å². The predicted molar refractivity (Wildman–Crippen MR) is 74.7 cm³/mol. The molecule has 0 bridgehead atoms. The number of hydrogen-bond donors (Lipinski definition) is 2. The highest BCUT2D eigenvalue weighted by Crippen LogP contribution is 2.20. The van der Waals surface area contributed by atoms with Crippen molar-refractivity contribution in [3.8, 4) is 0 Å². The van der Waals surface area contributed by atoms with E-state index in [1.165, 1.54) is 4.88 Å². The summed E-state index contributed by atoms with van der Waals surface area (Å²) in [7, 11) is 0. The maximum absolute atomic E-state index is 10.0. The first-order valence-electron chi connectivity index (χ1n) is 6.05. The smallest absolute Gasteiger partial charge is 0.109 e. The lowest BCUT2D eigenvalue weighted by Gasteiger charge is -2.15. The summed E-state index contributed by atoms with van der Waals surface area (Å²) in [6, 6.07) is 9.86. The summed E-state index contributed by atoms with van der Waals surface area (Å²) in [5.41, 5.74) is 0.938. The van der Waals surface area contributed by atoms with Gasteiger partial charge in [-0.1, -0.05) is 30.3 Å². The quantitative estimate of drug-likeness (QED) is 0.871. The van der Waals surface area contributed by atoms with E-state index in [4.69, 9.17) is 0 Å². The lowest BCUT2D eigenvalue weighted by molar-refractivity contribution is 0.171. The minimum absolute atomic E-state index is 0.169. The zero-order chi connectivity index (χ0) is 13.0. The third kappa shape index (κ3) is 3.38. The number of aliphatic hydroxyl groups excluding tert-OH is 1. The lowest BCUT2D eigenvalue weighted by atomic mass is 10.1. The normalized spacial score (nSPS) is 14.4. The summed E-state index contributed by atoms with van der Waals surface area (Å²) >= 11 is 1.69. The summed E-state index contributed by atoms with van der Waals surface area (Å²) in [6.07, 6.45) is 1.40. The Morgan fingerprint density at radius 1 is 1.33 bits per heavy atom. The van der Waals surface area contributed by atoms with Gasteiger partial charge in [-0.15, -0.1) is 11.3 Å². The molecule has 0 radical (unpaired) electrons. The minimum atomic E-state index is -0.477. The average molecular weight is 262 g/mol. The first-order valence-corrected chi connectivity index (χ1v) is 6.87. The minimum Gasteiger partial charge on any atom is -0.387 e. The molecule has 0 aliphatic rings. The molecule has 96 valence electrons. The van der Waals surface area contributed by atoms with Crippen LogP contribution in [0.1, 0.15) is 34.5 Å². The molecule has 1 heterocycles. The Morgan fingerprint density at radius 3 is 2.67 bits per heavy atom. The Balaban J connectivity index is 1.88. The number of hydrogen-bond acceptors (Lipinski definition) is 4. The third-order valence-electron chi connectivity index (χ3n) is 2.81. The van der Waals surface area contributed by atoms with Crippen LogP contribution in [-0.4, -0.2) is 16.6 Å². The Morgan fingerprint density at radius 2 is 2.06 bits per heavy atom. The van der Waals surface area contributed by atoms with Crippen LogP contribution >= 0.6 is 11.3 Å². The van der Waals surface area contributed by atoms with E-state index in [1.807, 2.05) is 43.5 Å². The van der Waals surface area contributed by atoms with Crippen LogP contribution in [0, 0.1) is 6.92 Å². The van der Waals surface area contributed by atoms with Gasteiger partial charge in [0.15, 0.2) is 0 Å². The second-order valence-corrected chi connectivity index (χ2v) is 5.63. The monoisotopic (exact) mass is 262 g/mol. The molecule has 1 aromatic carbocycles. The zero-order valence-electron chi connectivity index (χ0n) is 10.6. The predicted octanol–water partition coefficient (Wildman–Crippen LogP) is 2.84. The summed E-state index contributed by atoms with van der Waals surface area (Å²) < 4.78 is 0. The molecule has 18 heavy (non-hydrogen) atoms. The van der Waals surface area contributed by atoms with E-state index >= 15 is 0 Å². The number of aryl methyl sites for hydroxylation is 1. The molecule has 3 nitrogen and oxygen atoms in total. The molecule has 0 aliphatic heterocycles. The summed E-state index contributed by atoms with van der Waals surface area (Å²) in [4.78, 5) is 5.55. The van der Waals surface area contributed by atoms with Crippen molar-refractivity contribution in [2.45, 2.75) is 26.0 Å². The van der Waals surface area contributed by atoms with Crippen molar-refractivity contribution in [3.63, 3.8) is 0 Å². The number of aromatic nitrogens is 1. The van der Waals surface area contributed by atoms with E-state index in [0.29, 0.717) is 6.54 Å². The van der Waals surface area contributed by atoms with Crippen LogP contribution in [0.4, 0.5) is 0 Å². The summed E-state index contributed by atoms with van der Waals surface area (Å²) in [6.45, 7) is 4.65. The molecule has 4 heteroatoms. The summed E-state index contributed by atoms with van der Waals surface area (Å²) in [5.74, 6) is 0. The molecule has 2 atom stereocenters. The Kier molecular flexibility index (Phi) is 4.47. The fraction of sp³-hybridized carbons (Fsp3) is 0.357. The van der Waals surface area contributed by atoms with Gasteiger partial charge in [-0.25, -0.2) is 4.98 Å². The second kappa shape index (κ2) is 6.09. The first-order chi connectivity index (χ1) is 8.66. The lowest BCUT2D eigenvalue weighted by Crippen LogP contribution is -2.24. The molecule has 1 aromatic heterocycles. The van der Waals surface area contributed by atoms with Crippen molar-refractivity contribution in [1.29, 1.82) is 0 Å². The van der Waals surface area contributed by atoms with Gasteiger partial charge in [-0.2, -0.15) is 0 Å². The topological polar surface area (TPSA) is 45.2 Å². The van der Waals surface area contributed by atoms with Gasteiger partial charge in [0.05, 0.1) is 12.1 Å². The molecule has 0 aliphatic carbocycles. The highest BCUT2D eigenvalue weighted by molar-refractivity contribution is 7.11. The Labute approximate surface area is 112 Å². The van der Waals surface area contributed by atoms with Gasteiger partial charge in [0.1, 0.15) is 5.01 Å². The zero-order valence-corrected chi connectivity index (χ0v) is 11.4. The van der Waals surface area contributed by atoms with Gasteiger partial charge in [0.2, 0.25) is 0 Å². The third-order valence-corrected chi connectivity index (χ3v) is 3.91. The highest BCUT2D eigenvalue weighted by atomic mass is 32.1. The molecular formula is C14H18N2OS. The molecule has 2 rings (SSSR count). The van der Waals surface area contributed by atoms with Crippen LogP contribution in [0.3, 0.4) is 0 Å². The molecule has 0 amide bonds. The van der Waals surface area contributed by atoms with E-state index < -0.39 is 6.10 Å². The van der Waals surface area contributed by atoms with Crippen LogP contribution in [0.5, 0.6) is 0 Å². The van der Waals surface area contributed by atoms with Gasteiger partial charge < -0.3 is 10.4 Å². The molecule has 0 saturated carbocycles. The van der Waals surface area contributed by atoms with E-state index in [0.717, 1.165) is 10.6 Å². The number of benzene rings is 1. The second-order valence-electron chi connectivity index (χ2n) is 4.37. The van der Waals surface area contributed by atoms with Gasteiger partial charge in [-0.05, 0) is 19.4 Å². The maximum atomic E-state index is 10.0. The molecule has 2 unspecified atom stereocenters. The molecular weight excluding hydrogens is 244 g/mol. The summed E-state index contributed by atoms with van der Waals surface area (Å²) in [5, 5.41) is 14.4. The van der Waals surface area contributed by atoms with E-state index in [9.17, 15) is 5.11 Å². The largest absolute Gasteiger partial charge is 0.387 e. The fourth-order valence-electron chi connectivity index (χ4n) is 1.74. The van der Waals surface area contributed by atoms with Crippen molar-refractivity contribution >= 4 is 11.3 Å². The average Bonchev–Trinajstić information content (AvgIpc) is 2.83. The van der Waals surface area contributed by atoms with Gasteiger partial charge in [-0.3, -0.25) is 0 Å². The van der Waals surface area contributed by atoms with Gasteiger partial charge in [0.25, 0.3) is 0 Å². The van der Waals surface area contributed by atoms with E-state index in [-0.39, 0.29) is 6.04 Å². The number of thiazole rings is 1. The molecule has 2 aromatic rings. The van der Waals surface area contributed by atoms with E-state index in [2.05, 4.69) is 17.2 Å². The highest BCUT2D eigenvalue weighted by Gasteiger charge is 2.12. The maximum Gasteiger partial charge on any atom is 0.109 e. The van der Waals surface area contributed by atoms with Crippen molar-refractivity contribution in [2.75, 3.05) is 6.54 Å². The van der Waals surface area contributed by atoms with Crippen molar-refractivity contribution in [1.82, 2.24) is 10.3 Å². The van der Waals surface area contributed by atoms with Gasteiger partial charge >= 0.3 is 0 Å². The Hall–Kier alpha value is -1.23. The van der Waals surface area contributed by atoms with Crippen LogP contribution in [0.15, 0.2) is 36.5 Å². The van der Waals surface area contributed by atoms with Crippen LogP contribution in [0.2, 0.25) is 0 Å². The SMILES string of the molecule is Cc1cnc(C(C)NCC(O)c2ccccc2)s1. The van der Waals surface area contributed by atoms with Crippen LogP contribution in [0.25, 0.3) is 0 Å². The van der Waals surface area contributed by atoms with Crippen LogP contribution < -0.4 is 5.32 Å². The molecule has 0 fully saturated rings.